The summed E-state index contributed by atoms with van der Waals surface area (Å²) in [4.78, 5) is 37.2. The number of nitrogens with one attached hydrogen (secondary N) is 3. The zero-order valence-corrected chi connectivity index (χ0v) is 35.8. The van der Waals surface area contributed by atoms with Crippen LogP contribution in [0.1, 0.15) is 47.7 Å². The number of hydrogen-bond acceptors (Lipinski definition) is 12. The Morgan fingerprint density at radius 2 is 1.71 bits per heavy atom. The fourth-order valence-corrected chi connectivity index (χ4v) is 9.90. The van der Waals surface area contributed by atoms with Gasteiger partial charge in [0.15, 0.2) is 0 Å². The maximum atomic E-state index is 14.3. The van der Waals surface area contributed by atoms with Gasteiger partial charge < -0.3 is 34.7 Å². The second-order valence-electron chi connectivity index (χ2n) is 16.1. The second-order valence-corrected chi connectivity index (χ2v) is 18.2. The molecule has 15 nitrogen and oxygen atoms in total. The molecule has 1 unspecified atom stereocenters. The van der Waals surface area contributed by atoms with Crippen LogP contribution in [0.25, 0.3) is 22.2 Å². The van der Waals surface area contributed by atoms with Crippen LogP contribution in [-0.4, -0.2) is 80.3 Å². The molecule has 326 valence electrons. The predicted octanol–water partition coefficient (Wildman–Crippen LogP) is 8.23. The first kappa shape index (κ1) is 42.1. The lowest BCUT2D eigenvalue weighted by Gasteiger charge is -2.37. The fraction of sp³-hybridized carbons (Fsp3) is 0.304. The summed E-state index contributed by atoms with van der Waals surface area (Å²) >= 11 is 6.16. The zero-order valence-electron chi connectivity index (χ0n) is 34.2. The molecule has 9 rings (SSSR count). The first-order valence-corrected chi connectivity index (χ1v) is 22.9. The van der Waals surface area contributed by atoms with Crippen molar-refractivity contribution < 1.29 is 32.7 Å². The van der Waals surface area contributed by atoms with Crippen molar-refractivity contribution in [1.29, 1.82) is 0 Å². The quantitative estimate of drug-likeness (QED) is 0.0681. The van der Waals surface area contributed by atoms with Crippen molar-refractivity contribution in [3.05, 3.63) is 130 Å². The molecular weight excluding hydrogens is 846 g/mol. The molecule has 1 amide bonds. The average Bonchev–Trinajstić information content (AvgIpc) is 3.77. The first-order valence-electron chi connectivity index (χ1n) is 21.0. The summed E-state index contributed by atoms with van der Waals surface area (Å²) in [5, 5.41) is 28.5. The third-order valence-electron chi connectivity index (χ3n) is 12.3. The van der Waals surface area contributed by atoms with E-state index in [4.69, 9.17) is 21.1 Å². The molecule has 4 N–H and O–H groups in total. The number of pyridine rings is 1. The molecule has 3 aliphatic heterocycles. The predicted molar refractivity (Wildman–Crippen MR) is 242 cm³/mol. The van der Waals surface area contributed by atoms with Crippen molar-refractivity contribution in [2.75, 3.05) is 61.1 Å². The van der Waals surface area contributed by atoms with Gasteiger partial charge in [-0.25, -0.2) is 13.1 Å². The molecule has 63 heavy (non-hydrogen) atoms. The normalized spacial score (nSPS) is 16.6. The highest BCUT2D eigenvalue weighted by molar-refractivity contribution is 7.90. The van der Waals surface area contributed by atoms with E-state index in [2.05, 4.69) is 24.9 Å². The number of H-pyrrole nitrogens is 1. The lowest BCUT2D eigenvalue weighted by molar-refractivity contribution is -0.384. The SMILES string of the molecule is O=C(NS(=O)(=O)c1ccc(NCC2CCOCC2)c([N+](=O)[O-])c1)c1ccc(N2CCC(C(O)c3ccccc3-c3ccc(Cl)cc3)CC2)cc1N1CCOc2nc3[nH]ccc3cc21. The van der Waals surface area contributed by atoms with Crippen molar-refractivity contribution >= 4 is 67.0 Å². The molecule has 5 heterocycles. The van der Waals surface area contributed by atoms with Crippen LogP contribution in [-0.2, 0) is 14.8 Å². The van der Waals surface area contributed by atoms with E-state index < -0.39 is 37.5 Å². The number of aromatic nitrogens is 2. The van der Waals surface area contributed by atoms with Crippen molar-refractivity contribution in [3.8, 4) is 17.0 Å². The molecule has 0 saturated carbocycles. The summed E-state index contributed by atoms with van der Waals surface area (Å²) in [6.07, 6.45) is 4.09. The number of aliphatic hydroxyl groups excluding tert-OH is 1. The number of carbonyl (C=O) groups is 1. The van der Waals surface area contributed by atoms with Crippen LogP contribution in [0, 0.1) is 22.0 Å². The average molecular weight is 892 g/mol. The highest BCUT2D eigenvalue weighted by Gasteiger charge is 2.32. The third-order valence-corrected chi connectivity index (χ3v) is 13.8. The Labute approximate surface area is 369 Å². The van der Waals surface area contributed by atoms with Gasteiger partial charge >= 0.3 is 0 Å². The number of sulfonamides is 1. The summed E-state index contributed by atoms with van der Waals surface area (Å²) < 4.78 is 41.3. The van der Waals surface area contributed by atoms with Crippen LogP contribution >= 0.6 is 11.6 Å². The summed E-state index contributed by atoms with van der Waals surface area (Å²) in [6, 6.07) is 28.1. The smallest absolute Gasteiger partial charge is 0.293 e. The monoisotopic (exact) mass is 891 g/mol. The maximum Gasteiger partial charge on any atom is 0.293 e. The van der Waals surface area contributed by atoms with Gasteiger partial charge in [0, 0.05) is 61.2 Å². The Hall–Kier alpha value is -6.20. The van der Waals surface area contributed by atoms with E-state index in [0.717, 1.165) is 46.7 Å². The van der Waals surface area contributed by atoms with Gasteiger partial charge in [-0.1, -0.05) is 48.0 Å². The van der Waals surface area contributed by atoms with E-state index in [1.165, 1.54) is 12.1 Å². The summed E-state index contributed by atoms with van der Waals surface area (Å²) in [7, 11) is -4.58. The Morgan fingerprint density at radius 3 is 2.49 bits per heavy atom. The minimum atomic E-state index is -4.58. The van der Waals surface area contributed by atoms with E-state index >= 15 is 0 Å². The number of ether oxygens (including phenoxy) is 2. The van der Waals surface area contributed by atoms with Gasteiger partial charge in [0.25, 0.3) is 21.6 Å². The van der Waals surface area contributed by atoms with Gasteiger partial charge in [0.05, 0.1) is 33.7 Å². The van der Waals surface area contributed by atoms with Crippen LogP contribution in [0.4, 0.5) is 28.4 Å². The van der Waals surface area contributed by atoms with Crippen molar-refractivity contribution in [1.82, 2.24) is 14.7 Å². The summed E-state index contributed by atoms with van der Waals surface area (Å²) in [5.74, 6) is -0.310. The molecule has 2 fully saturated rings. The molecule has 6 aromatic rings. The van der Waals surface area contributed by atoms with Crippen LogP contribution in [0.15, 0.2) is 108 Å². The number of aromatic amines is 1. The Bertz CT molecular complexity index is 2770. The number of rotatable bonds is 12. The molecule has 0 spiro atoms. The molecule has 17 heteroatoms. The van der Waals surface area contributed by atoms with Gasteiger partial charge in [-0.05, 0) is 109 Å². The number of nitro groups is 1. The molecular formula is C46H46ClN7O8S. The van der Waals surface area contributed by atoms with Gasteiger partial charge in [-0.15, -0.1) is 0 Å². The summed E-state index contributed by atoms with van der Waals surface area (Å²) in [5.41, 5.74) is 5.09. The number of anilines is 4. The first-order chi connectivity index (χ1) is 30.5. The van der Waals surface area contributed by atoms with E-state index in [-0.39, 0.29) is 29.7 Å². The van der Waals surface area contributed by atoms with E-state index in [0.29, 0.717) is 80.2 Å². The largest absolute Gasteiger partial charge is 0.474 e. The van der Waals surface area contributed by atoms with Crippen molar-refractivity contribution in [2.45, 2.75) is 36.7 Å². The van der Waals surface area contributed by atoms with E-state index in [1.54, 1.807) is 18.3 Å². The molecule has 3 aliphatic rings. The Morgan fingerprint density at radius 1 is 0.937 bits per heavy atom. The lowest BCUT2D eigenvalue weighted by Crippen LogP contribution is -2.37. The number of nitrogens with zero attached hydrogens (tertiary/aromatic N) is 4. The van der Waals surface area contributed by atoms with Gasteiger partial charge in [-0.2, -0.15) is 4.98 Å². The molecule has 0 aliphatic carbocycles. The van der Waals surface area contributed by atoms with Crippen molar-refractivity contribution in [3.63, 3.8) is 0 Å². The number of nitro benzene ring substituents is 1. The minimum absolute atomic E-state index is 0.0157. The zero-order chi connectivity index (χ0) is 43.7. The molecule has 0 radical (unpaired) electrons. The molecule has 2 saturated heterocycles. The highest BCUT2D eigenvalue weighted by atomic mass is 35.5. The second kappa shape index (κ2) is 17.9. The third kappa shape index (κ3) is 8.89. The number of piperidine rings is 1. The summed E-state index contributed by atoms with van der Waals surface area (Å²) in [6.45, 7) is 3.53. The van der Waals surface area contributed by atoms with Gasteiger partial charge in [-0.3, -0.25) is 14.9 Å². The number of amides is 1. The van der Waals surface area contributed by atoms with Gasteiger partial charge in [0.1, 0.15) is 23.6 Å². The maximum absolute atomic E-state index is 14.3. The number of carbonyl (C=O) groups excluding carboxylic acids is 1. The van der Waals surface area contributed by atoms with Crippen LogP contribution in [0.5, 0.6) is 5.88 Å². The number of halogens is 1. The molecule has 0 bridgehead atoms. The number of benzene rings is 4. The highest BCUT2D eigenvalue weighted by Crippen LogP contribution is 2.42. The Balaban J connectivity index is 0.984. The van der Waals surface area contributed by atoms with Gasteiger partial charge in [0.2, 0.25) is 5.88 Å². The number of hydrogen-bond donors (Lipinski definition) is 4. The van der Waals surface area contributed by atoms with Crippen molar-refractivity contribution in [2.24, 2.45) is 11.8 Å². The number of aliphatic hydroxyl groups is 1. The topological polar surface area (TPSA) is 192 Å². The van der Waals surface area contributed by atoms with E-state index in [9.17, 15) is 28.4 Å². The van der Waals surface area contributed by atoms with Crippen LogP contribution in [0.3, 0.4) is 0 Å². The standard InChI is InChI=1S/C46H46ClN7O8S/c47-33-7-5-30(6-8-33)36-3-1-2-4-37(36)43(55)31-14-19-52(20-15-31)34-9-11-38(40(26-34)53-21-24-62-46-42(53)25-32-13-18-48-44(32)50-46)45(56)51-63(59,60)35-10-12-39(41(27-35)54(57)58)49-28-29-16-22-61-23-17-29/h1-13,18,25-27,29,31,43,49,55H,14-17,19-24,28H2,(H,48,50)(H,51,56). The van der Waals surface area contributed by atoms with Crippen LogP contribution in [0.2, 0.25) is 5.02 Å². The lowest BCUT2D eigenvalue weighted by atomic mass is 9.84. The minimum Gasteiger partial charge on any atom is -0.474 e. The van der Waals surface area contributed by atoms with Crippen LogP contribution < -0.4 is 24.6 Å². The molecule has 1 atom stereocenters. The molecule has 2 aromatic heterocycles. The molecule has 4 aromatic carbocycles. The fourth-order valence-electron chi connectivity index (χ4n) is 8.78. The number of fused-ring (bicyclic) bond motifs is 2. The van der Waals surface area contributed by atoms with E-state index in [1.807, 2.05) is 71.6 Å². The Kier molecular flexibility index (Phi) is 12.0.